The Morgan fingerprint density at radius 3 is 2.52 bits per heavy atom. The second kappa shape index (κ2) is 12.2. The molecule has 2 aromatic heterocycles. The Balaban J connectivity index is 1.24. The van der Waals surface area contributed by atoms with Crippen molar-refractivity contribution < 1.29 is 14.3 Å². The third kappa shape index (κ3) is 6.10. The number of nitrogens with zero attached hydrogens (tertiary/aromatic N) is 3. The van der Waals surface area contributed by atoms with Crippen molar-refractivity contribution in [2.24, 2.45) is 0 Å². The summed E-state index contributed by atoms with van der Waals surface area (Å²) in [5.41, 5.74) is 3.45. The highest BCUT2D eigenvalue weighted by atomic mass is 32.1. The quantitative estimate of drug-likeness (QED) is 0.159. The van der Waals surface area contributed by atoms with Gasteiger partial charge in [-0.25, -0.2) is 14.5 Å². The van der Waals surface area contributed by atoms with Gasteiger partial charge in [-0.3, -0.25) is 9.59 Å². The zero-order chi connectivity index (χ0) is 28.1. The summed E-state index contributed by atoms with van der Waals surface area (Å²) in [6, 6.07) is 20.4. The lowest BCUT2D eigenvalue weighted by atomic mass is 10.1. The zero-order valence-corrected chi connectivity index (χ0v) is 23.3. The highest BCUT2D eigenvalue weighted by molar-refractivity contribution is 7.21. The van der Waals surface area contributed by atoms with E-state index in [4.69, 9.17) is 9.72 Å². The van der Waals surface area contributed by atoms with Crippen LogP contribution in [0.1, 0.15) is 48.7 Å². The van der Waals surface area contributed by atoms with E-state index in [1.54, 1.807) is 47.7 Å². The number of aryl methyl sites for hydroxylation is 2. The normalized spacial score (nSPS) is 11.2. The largest absolute Gasteiger partial charge is 0.451 e. The van der Waals surface area contributed by atoms with Crippen LogP contribution >= 0.6 is 11.3 Å². The van der Waals surface area contributed by atoms with Crippen LogP contribution in [0.3, 0.4) is 0 Å². The fraction of sp³-hybridized carbons (Fsp3) is 0.258. The van der Waals surface area contributed by atoms with Crippen LogP contribution in [0.4, 0.5) is 5.69 Å². The van der Waals surface area contributed by atoms with Crippen molar-refractivity contribution in [2.45, 2.75) is 46.1 Å². The van der Waals surface area contributed by atoms with Crippen molar-refractivity contribution in [1.29, 1.82) is 0 Å². The van der Waals surface area contributed by atoms with Gasteiger partial charge in [0.25, 0.3) is 11.5 Å². The summed E-state index contributed by atoms with van der Waals surface area (Å²) in [6.07, 6.45) is 3.90. The number of ether oxygens (including phenoxy) is 1. The van der Waals surface area contributed by atoms with Crippen LogP contribution in [0, 0.1) is 6.92 Å². The summed E-state index contributed by atoms with van der Waals surface area (Å²) in [4.78, 5) is 43.1. The molecule has 40 heavy (non-hydrogen) atoms. The van der Waals surface area contributed by atoms with Crippen LogP contribution in [-0.2, 0) is 16.1 Å². The van der Waals surface area contributed by atoms with E-state index in [1.807, 2.05) is 24.3 Å². The minimum atomic E-state index is -0.755. The van der Waals surface area contributed by atoms with Gasteiger partial charge in [-0.05, 0) is 61.4 Å². The molecule has 0 aliphatic carbocycles. The molecule has 0 unspecified atom stereocenters. The highest BCUT2D eigenvalue weighted by Crippen LogP contribution is 2.31. The molecule has 3 aromatic carbocycles. The van der Waals surface area contributed by atoms with E-state index >= 15 is 0 Å². The maximum Gasteiger partial charge on any atom is 0.359 e. The molecule has 2 heterocycles. The summed E-state index contributed by atoms with van der Waals surface area (Å²) in [7, 11) is 0. The van der Waals surface area contributed by atoms with Crippen molar-refractivity contribution >= 4 is 49.9 Å². The molecule has 0 spiro atoms. The molecular weight excluding hydrogens is 524 g/mol. The van der Waals surface area contributed by atoms with Crippen LogP contribution in [0.2, 0.25) is 0 Å². The minimum absolute atomic E-state index is 0.0221. The number of amides is 1. The number of thiazole rings is 1. The van der Waals surface area contributed by atoms with Gasteiger partial charge >= 0.3 is 5.97 Å². The number of benzene rings is 3. The van der Waals surface area contributed by atoms with Crippen molar-refractivity contribution in [3.05, 3.63) is 88.3 Å². The Bertz CT molecular complexity index is 1740. The van der Waals surface area contributed by atoms with E-state index in [0.717, 1.165) is 46.5 Å². The molecule has 0 saturated carbocycles. The summed E-state index contributed by atoms with van der Waals surface area (Å²) in [5, 5.41) is 8.77. The Morgan fingerprint density at radius 1 is 0.975 bits per heavy atom. The summed E-state index contributed by atoms with van der Waals surface area (Å²) in [5.74, 6) is -1.23. The zero-order valence-electron chi connectivity index (χ0n) is 22.5. The standard InChI is InChI=1S/C31H30N4O4S/c1-3-4-5-8-17-35-30(37)24-10-7-6-9-23(24)28(34-35)31(38)39-19-27(36)32-22-14-12-21(13-15-22)29-33-25-16-11-20(2)18-26(25)40-29/h6-7,9-16,18H,3-5,8,17,19H2,1-2H3,(H,32,36). The predicted octanol–water partition coefficient (Wildman–Crippen LogP) is 6.36. The number of hydrogen-bond donors (Lipinski definition) is 1. The maximum atomic E-state index is 13.0. The molecule has 0 aliphatic rings. The lowest BCUT2D eigenvalue weighted by Gasteiger charge is -2.11. The Hall–Kier alpha value is -4.37. The molecule has 5 aromatic rings. The van der Waals surface area contributed by atoms with E-state index in [1.165, 1.54) is 10.2 Å². The third-order valence-corrected chi connectivity index (χ3v) is 7.65. The highest BCUT2D eigenvalue weighted by Gasteiger charge is 2.19. The molecule has 0 fully saturated rings. The molecule has 5 rings (SSSR count). The van der Waals surface area contributed by atoms with Gasteiger partial charge in [-0.15, -0.1) is 11.3 Å². The number of anilines is 1. The molecule has 8 nitrogen and oxygen atoms in total. The molecule has 1 amide bonds. The fourth-order valence-electron chi connectivity index (χ4n) is 4.47. The molecule has 9 heteroatoms. The first kappa shape index (κ1) is 27.2. The lowest BCUT2D eigenvalue weighted by molar-refractivity contribution is -0.119. The van der Waals surface area contributed by atoms with Gasteiger partial charge in [0, 0.05) is 23.2 Å². The Labute approximate surface area is 235 Å². The molecule has 204 valence electrons. The van der Waals surface area contributed by atoms with Crippen molar-refractivity contribution in [2.75, 3.05) is 11.9 Å². The maximum absolute atomic E-state index is 13.0. The molecule has 0 aliphatic heterocycles. The fourth-order valence-corrected chi connectivity index (χ4v) is 5.54. The molecule has 0 bridgehead atoms. The van der Waals surface area contributed by atoms with Gasteiger partial charge in [-0.1, -0.05) is 50.5 Å². The second-order valence-electron chi connectivity index (χ2n) is 9.68. The number of esters is 1. The van der Waals surface area contributed by atoms with E-state index in [9.17, 15) is 14.4 Å². The molecule has 0 atom stereocenters. The topological polar surface area (TPSA) is 103 Å². The average Bonchev–Trinajstić information content (AvgIpc) is 3.39. The molecule has 0 radical (unpaired) electrons. The number of nitrogens with one attached hydrogen (secondary N) is 1. The van der Waals surface area contributed by atoms with Crippen molar-refractivity contribution in [3.63, 3.8) is 0 Å². The van der Waals surface area contributed by atoms with Crippen LogP contribution < -0.4 is 10.9 Å². The van der Waals surface area contributed by atoms with Crippen molar-refractivity contribution in [3.8, 4) is 10.6 Å². The van der Waals surface area contributed by atoms with E-state index < -0.39 is 18.5 Å². The number of unbranched alkanes of at least 4 members (excludes halogenated alkanes) is 3. The van der Waals surface area contributed by atoms with Gasteiger partial charge in [0.1, 0.15) is 5.01 Å². The van der Waals surface area contributed by atoms with E-state index in [2.05, 4.69) is 30.3 Å². The number of rotatable bonds is 10. The van der Waals surface area contributed by atoms with Gasteiger partial charge < -0.3 is 10.1 Å². The number of fused-ring (bicyclic) bond motifs is 2. The number of aromatic nitrogens is 3. The second-order valence-corrected chi connectivity index (χ2v) is 10.7. The van der Waals surface area contributed by atoms with Crippen LogP contribution in [0.25, 0.3) is 31.6 Å². The van der Waals surface area contributed by atoms with Crippen LogP contribution in [0.15, 0.2) is 71.5 Å². The lowest BCUT2D eigenvalue weighted by Crippen LogP contribution is -2.28. The SMILES string of the molecule is CCCCCCn1nc(C(=O)OCC(=O)Nc2ccc(-c3nc4ccc(C)cc4s3)cc2)c2ccccc2c1=O. The molecule has 1 N–H and O–H groups in total. The van der Waals surface area contributed by atoms with E-state index in [-0.39, 0.29) is 11.3 Å². The van der Waals surface area contributed by atoms with Crippen molar-refractivity contribution in [1.82, 2.24) is 14.8 Å². The summed E-state index contributed by atoms with van der Waals surface area (Å²) < 4.78 is 7.76. The number of hydrogen-bond acceptors (Lipinski definition) is 7. The average molecular weight is 555 g/mol. The van der Waals surface area contributed by atoms with Gasteiger partial charge in [0.2, 0.25) is 0 Å². The van der Waals surface area contributed by atoms with E-state index in [0.29, 0.717) is 23.0 Å². The van der Waals surface area contributed by atoms with Crippen LogP contribution in [-0.4, -0.2) is 33.2 Å². The predicted molar refractivity (Wildman–Crippen MR) is 159 cm³/mol. The third-order valence-electron chi connectivity index (χ3n) is 6.58. The monoisotopic (exact) mass is 554 g/mol. The number of carbonyl (C=O) groups is 2. The Kier molecular flexibility index (Phi) is 8.31. The molecule has 0 saturated heterocycles. The van der Waals surface area contributed by atoms with Gasteiger partial charge in [0.15, 0.2) is 12.3 Å². The smallest absolute Gasteiger partial charge is 0.359 e. The minimum Gasteiger partial charge on any atom is -0.451 e. The first-order valence-corrected chi connectivity index (χ1v) is 14.2. The van der Waals surface area contributed by atoms with Gasteiger partial charge in [0.05, 0.1) is 15.6 Å². The van der Waals surface area contributed by atoms with Gasteiger partial charge in [-0.2, -0.15) is 5.10 Å². The number of carbonyl (C=O) groups excluding carboxylic acids is 2. The van der Waals surface area contributed by atoms with Crippen LogP contribution in [0.5, 0.6) is 0 Å². The molecular formula is C31H30N4O4S. The first-order valence-electron chi connectivity index (χ1n) is 13.4. The Morgan fingerprint density at radius 2 is 1.75 bits per heavy atom. The summed E-state index contributed by atoms with van der Waals surface area (Å²) >= 11 is 1.62. The first-order chi connectivity index (χ1) is 19.4. The summed E-state index contributed by atoms with van der Waals surface area (Å²) in [6.45, 7) is 4.10.